The standard InChI is InChI=1S/C13H15N5O2/c14-11-12(17-9-4-2-1-3-8(9)16-11)18-6-5-15-7-10(18)13(19)20/h1-4,10,15H,5-7H2,(H2,14,16)(H,19,20). The van der Waals surface area contributed by atoms with Crippen molar-refractivity contribution in [2.24, 2.45) is 0 Å². The van der Waals surface area contributed by atoms with Gasteiger partial charge in [-0.05, 0) is 12.1 Å². The fourth-order valence-electron chi connectivity index (χ4n) is 2.39. The maximum atomic E-state index is 11.3. The van der Waals surface area contributed by atoms with Crippen molar-refractivity contribution < 1.29 is 9.90 Å². The molecule has 1 fully saturated rings. The summed E-state index contributed by atoms with van der Waals surface area (Å²) < 4.78 is 0. The lowest BCUT2D eigenvalue weighted by molar-refractivity contribution is -0.138. The number of hydrogen-bond donors (Lipinski definition) is 3. The van der Waals surface area contributed by atoms with Crippen molar-refractivity contribution in [2.45, 2.75) is 6.04 Å². The van der Waals surface area contributed by atoms with Gasteiger partial charge in [0.05, 0.1) is 11.0 Å². The van der Waals surface area contributed by atoms with Crippen LogP contribution < -0.4 is 16.0 Å². The molecule has 3 rings (SSSR count). The van der Waals surface area contributed by atoms with Gasteiger partial charge in [0.2, 0.25) is 0 Å². The number of anilines is 2. The van der Waals surface area contributed by atoms with E-state index in [1.165, 1.54) is 0 Å². The third-order valence-corrected chi connectivity index (χ3v) is 3.38. The molecule has 0 aliphatic carbocycles. The summed E-state index contributed by atoms with van der Waals surface area (Å²) in [5.41, 5.74) is 7.36. The zero-order valence-electron chi connectivity index (χ0n) is 10.8. The van der Waals surface area contributed by atoms with Crippen LogP contribution in [0.2, 0.25) is 0 Å². The molecule has 2 aromatic rings. The molecule has 1 saturated heterocycles. The number of fused-ring (bicyclic) bond motifs is 1. The van der Waals surface area contributed by atoms with Crippen LogP contribution in [0.5, 0.6) is 0 Å². The van der Waals surface area contributed by atoms with E-state index in [9.17, 15) is 9.90 Å². The van der Waals surface area contributed by atoms with E-state index in [0.717, 1.165) is 0 Å². The fourth-order valence-corrected chi connectivity index (χ4v) is 2.39. The Balaban J connectivity index is 2.07. The van der Waals surface area contributed by atoms with Crippen LogP contribution in [-0.4, -0.2) is 46.7 Å². The summed E-state index contributed by atoms with van der Waals surface area (Å²) >= 11 is 0. The number of carboxylic acid groups (broad SMARTS) is 1. The van der Waals surface area contributed by atoms with Gasteiger partial charge in [-0.3, -0.25) is 0 Å². The molecule has 1 aliphatic rings. The molecule has 0 amide bonds. The molecule has 7 heteroatoms. The Bertz CT molecular complexity index is 660. The van der Waals surface area contributed by atoms with Gasteiger partial charge in [-0.25, -0.2) is 14.8 Å². The lowest BCUT2D eigenvalue weighted by atomic mass is 10.2. The molecule has 20 heavy (non-hydrogen) atoms. The number of aromatic nitrogens is 2. The number of rotatable bonds is 2. The maximum absolute atomic E-state index is 11.3. The Labute approximate surface area is 115 Å². The number of carboxylic acids is 1. The molecule has 7 nitrogen and oxygen atoms in total. The lowest BCUT2D eigenvalue weighted by Crippen LogP contribution is -2.55. The van der Waals surface area contributed by atoms with Crippen LogP contribution in [0, 0.1) is 0 Å². The number of nitrogens with zero attached hydrogens (tertiary/aromatic N) is 3. The molecule has 0 spiro atoms. The van der Waals surface area contributed by atoms with Gasteiger partial charge >= 0.3 is 5.97 Å². The highest BCUT2D eigenvalue weighted by Gasteiger charge is 2.31. The number of nitrogens with two attached hydrogens (primary N) is 1. The van der Waals surface area contributed by atoms with Crippen molar-refractivity contribution in [1.82, 2.24) is 15.3 Å². The summed E-state index contributed by atoms with van der Waals surface area (Å²) in [4.78, 5) is 21.8. The van der Waals surface area contributed by atoms with Crippen LogP contribution in [0.25, 0.3) is 11.0 Å². The Morgan fingerprint density at radius 3 is 2.75 bits per heavy atom. The van der Waals surface area contributed by atoms with Gasteiger partial charge in [-0.15, -0.1) is 0 Å². The van der Waals surface area contributed by atoms with Crippen LogP contribution in [0.1, 0.15) is 0 Å². The van der Waals surface area contributed by atoms with Gasteiger partial charge in [-0.1, -0.05) is 12.1 Å². The highest BCUT2D eigenvalue weighted by molar-refractivity contribution is 5.83. The van der Waals surface area contributed by atoms with E-state index in [4.69, 9.17) is 5.73 Å². The van der Waals surface area contributed by atoms with Crippen molar-refractivity contribution in [2.75, 3.05) is 30.3 Å². The number of hydrogen-bond acceptors (Lipinski definition) is 6. The van der Waals surface area contributed by atoms with Crippen molar-refractivity contribution in [3.05, 3.63) is 24.3 Å². The van der Waals surface area contributed by atoms with Crippen LogP contribution in [0.4, 0.5) is 11.6 Å². The zero-order chi connectivity index (χ0) is 14.1. The Morgan fingerprint density at radius 2 is 2.05 bits per heavy atom. The minimum absolute atomic E-state index is 0.261. The average molecular weight is 273 g/mol. The third-order valence-electron chi connectivity index (χ3n) is 3.38. The minimum atomic E-state index is -0.897. The quantitative estimate of drug-likeness (QED) is 0.711. The maximum Gasteiger partial charge on any atom is 0.327 e. The van der Waals surface area contributed by atoms with Gasteiger partial charge in [0, 0.05) is 19.6 Å². The Kier molecular flexibility index (Phi) is 3.11. The summed E-state index contributed by atoms with van der Waals surface area (Å²) in [7, 11) is 0. The molecule has 0 bridgehead atoms. The van der Waals surface area contributed by atoms with E-state index < -0.39 is 12.0 Å². The highest BCUT2D eigenvalue weighted by Crippen LogP contribution is 2.24. The van der Waals surface area contributed by atoms with Crippen LogP contribution in [-0.2, 0) is 4.79 Å². The van der Waals surface area contributed by atoms with Crippen LogP contribution in [0.3, 0.4) is 0 Å². The molecule has 1 aromatic heterocycles. The van der Waals surface area contributed by atoms with E-state index in [1.807, 2.05) is 24.3 Å². The van der Waals surface area contributed by atoms with E-state index in [1.54, 1.807) is 4.90 Å². The molecule has 0 saturated carbocycles. The topological polar surface area (TPSA) is 104 Å². The van der Waals surface area contributed by atoms with Crippen molar-refractivity contribution in [3.63, 3.8) is 0 Å². The minimum Gasteiger partial charge on any atom is -0.480 e. The normalized spacial score (nSPS) is 19.2. The molecule has 1 atom stereocenters. The molecular weight excluding hydrogens is 258 g/mol. The first-order chi connectivity index (χ1) is 9.66. The van der Waals surface area contributed by atoms with Crippen molar-refractivity contribution in [3.8, 4) is 0 Å². The molecular formula is C13H15N5O2. The first kappa shape index (κ1) is 12.6. The van der Waals surface area contributed by atoms with Gasteiger partial charge in [0.15, 0.2) is 11.6 Å². The highest BCUT2D eigenvalue weighted by atomic mass is 16.4. The second-order valence-corrected chi connectivity index (χ2v) is 4.67. The summed E-state index contributed by atoms with van der Waals surface area (Å²) in [6.07, 6.45) is 0. The monoisotopic (exact) mass is 273 g/mol. The third kappa shape index (κ3) is 2.12. The molecule has 4 N–H and O–H groups in total. The second kappa shape index (κ2) is 4.93. The molecule has 1 aromatic carbocycles. The van der Waals surface area contributed by atoms with Crippen molar-refractivity contribution >= 4 is 28.6 Å². The molecule has 1 aliphatic heterocycles. The van der Waals surface area contributed by atoms with Gasteiger partial charge in [-0.2, -0.15) is 0 Å². The summed E-state index contributed by atoms with van der Waals surface area (Å²) in [6.45, 7) is 1.59. The Hall–Kier alpha value is -2.41. The molecule has 2 heterocycles. The number of carbonyl (C=O) groups is 1. The van der Waals surface area contributed by atoms with Gasteiger partial charge in [0.25, 0.3) is 0 Å². The number of nitrogens with one attached hydrogen (secondary N) is 1. The predicted octanol–water partition coefficient (Wildman–Crippen LogP) is 0.0748. The number of aliphatic carboxylic acids is 1. The van der Waals surface area contributed by atoms with E-state index in [0.29, 0.717) is 36.5 Å². The first-order valence-corrected chi connectivity index (χ1v) is 6.39. The number of piperazine rings is 1. The molecule has 0 radical (unpaired) electrons. The summed E-state index contributed by atoms with van der Waals surface area (Å²) in [5.74, 6) is -0.194. The second-order valence-electron chi connectivity index (χ2n) is 4.67. The zero-order valence-corrected chi connectivity index (χ0v) is 10.8. The number of benzene rings is 1. The predicted molar refractivity (Wildman–Crippen MR) is 75.6 cm³/mol. The van der Waals surface area contributed by atoms with Crippen molar-refractivity contribution in [1.29, 1.82) is 0 Å². The smallest absolute Gasteiger partial charge is 0.327 e. The summed E-state index contributed by atoms with van der Waals surface area (Å²) in [5, 5.41) is 12.4. The van der Waals surface area contributed by atoms with Gasteiger partial charge in [0.1, 0.15) is 6.04 Å². The van der Waals surface area contributed by atoms with Crippen LogP contribution >= 0.6 is 0 Å². The Morgan fingerprint density at radius 1 is 1.35 bits per heavy atom. The average Bonchev–Trinajstić information content (AvgIpc) is 2.46. The molecule has 104 valence electrons. The fraction of sp³-hybridized carbons (Fsp3) is 0.308. The SMILES string of the molecule is Nc1nc2ccccc2nc1N1CCNCC1C(=O)O. The van der Waals surface area contributed by atoms with Gasteiger partial charge < -0.3 is 21.1 Å². The van der Waals surface area contributed by atoms with E-state index in [-0.39, 0.29) is 5.82 Å². The lowest BCUT2D eigenvalue weighted by Gasteiger charge is -2.34. The number of para-hydroxylation sites is 2. The van der Waals surface area contributed by atoms with E-state index >= 15 is 0 Å². The molecule has 1 unspecified atom stereocenters. The summed E-state index contributed by atoms with van der Waals surface area (Å²) in [6, 6.07) is 6.71. The van der Waals surface area contributed by atoms with Crippen LogP contribution in [0.15, 0.2) is 24.3 Å². The number of nitrogen functional groups attached to an aromatic ring is 1. The first-order valence-electron chi connectivity index (χ1n) is 6.39. The van der Waals surface area contributed by atoms with E-state index in [2.05, 4.69) is 15.3 Å². The largest absolute Gasteiger partial charge is 0.480 e.